The maximum absolute atomic E-state index is 12.3. The van der Waals surface area contributed by atoms with E-state index in [2.05, 4.69) is 28.9 Å². The van der Waals surface area contributed by atoms with Crippen LogP contribution in [0.4, 0.5) is 11.5 Å². The van der Waals surface area contributed by atoms with Gasteiger partial charge in [0.15, 0.2) is 0 Å². The molecule has 0 aliphatic heterocycles. The maximum atomic E-state index is 12.3. The highest BCUT2D eigenvalue weighted by Crippen LogP contribution is 2.24. The van der Waals surface area contributed by atoms with Crippen LogP contribution in [0.2, 0.25) is 0 Å². The molecule has 0 radical (unpaired) electrons. The minimum absolute atomic E-state index is 0.0951. The first-order valence-electron chi connectivity index (χ1n) is 8.71. The third kappa shape index (κ3) is 4.80. The summed E-state index contributed by atoms with van der Waals surface area (Å²) in [6, 6.07) is 17.9. The van der Waals surface area contributed by atoms with Gasteiger partial charge in [0.2, 0.25) is 0 Å². The Hall–Kier alpha value is -3.64. The molecule has 0 aliphatic carbocycles. The number of rotatable bonds is 6. The van der Waals surface area contributed by atoms with E-state index in [-0.39, 0.29) is 16.5 Å². The van der Waals surface area contributed by atoms with Gasteiger partial charge in [-0.15, -0.1) is 0 Å². The first-order chi connectivity index (χ1) is 13.8. The van der Waals surface area contributed by atoms with Crippen molar-refractivity contribution in [2.75, 3.05) is 10.6 Å². The zero-order valence-electron chi connectivity index (χ0n) is 15.8. The van der Waals surface area contributed by atoms with Gasteiger partial charge in [-0.25, -0.2) is 0 Å². The van der Waals surface area contributed by atoms with E-state index in [1.54, 1.807) is 42.1 Å². The van der Waals surface area contributed by atoms with Crippen LogP contribution < -0.4 is 10.6 Å². The van der Waals surface area contributed by atoms with Crippen LogP contribution in [0, 0.1) is 0 Å². The van der Waals surface area contributed by atoms with Crippen molar-refractivity contribution in [2.24, 2.45) is 7.05 Å². The Morgan fingerprint density at radius 1 is 1.00 bits per heavy atom. The van der Waals surface area contributed by atoms with Gasteiger partial charge in [-0.05, 0) is 24.3 Å². The van der Waals surface area contributed by atoms with Gasteiger partial charge in [0.25, 0.3) is 11.8 Å². The Morgan fingerprint density at radius 2 is 1.66 bits per heavy atom. The Bertz CT molecular complexity index is 1090. The molecular weight excluding hydrogens is 388 g/mol. The first kappa shape index (κ1) is 20.1. The van der Waals surface area contributed by atoms with Gasteiger partial charge < -0.3 is 10.6 Å². The molecule has 3 aromatic rings. The number of anilines is 2. The largest absolute Gasteiger partial charge is 0.322 e. The lowest BCUT2D eigenvalue weighted by molar-refractivity contribution is -0.112. The van der Waals surface area contributed by atoms with Crippen LogP contribution >= 0.6 is 11.6 Å². The smallest absolute Gasteiger partial charge is 0.256 e. The summed E-state index contributed by atoms with van der Waals surface area (Å²) in [5.41, 5.74) is 2.79. The fourth-order valence-electron chi connectivity index (χ4n) is 2.56. The number of carbonyl (C=O) groups is 2. The SMILES string of the molecule is C=C(Cl)C(=C)C(=O)Nc1ccc(-c2cc(NC(=O)c3ccccc3)n(C)n2)cc1. The molecule has 0 unspecified atom stereocenters. The Morgan fingerprint density at radius 3 is 2.28 bits per heavy atom. The van der Waals surface area contributed by atoms with Gasteiger partial charge >= 0.3 is 0 Å². The molecule has 0 fully saturated rings. The van der Waals surface area contributed by atoms with Gasteiger partial charge in [0.05, 0.1) is 11.3 Å². The van der Waals surface area contributed by atoms with Crippen LogP contribution in [0.3, 0.4) is 0 Å². The van der Waals surface area contributed by atoms with E-state index in [1.165, 1.54) is 0 Å². The van der Waals surface area contributed by atoms with Gasteiger partial charge in [0, 0.05) is 35.0 Å². The number of amides is 2. The van der Waals surface area contributed by atoms with Crippen LogP contribution in [0.25, 0.3) is 11.3 Å². The first-order valence-corrected chi connectivity index (χ1v) is 9.09. The molecule has 2 N–H and O–H groups in total. The van der Waals surface area contributed by atoms with E-state index in [0.717, 1.165) is 5.56 Å². The van der Waals surface area contributed by atoms with Crippen LogP contribution in [0.5, 0.6) is 0 Å². The van der Waals surface area contributed by atoms with E-state index in [9.17, 15) is 9.59 Å². The molecule has 1 aromatic heterocycles. The highest BCUT2D eigenvalue weighted by atomic mass is 35.5. The number of aryl methyl sites for hydroxylation is 1. The number of halogens is 1. The lowest BCUT2D eigenvalue weighted by atomic mass is 10.1. The van der Waals surface area contributed by atoms with Crippen molar-refractivity contribution in [1.29, 1.82) is 0 Å². The molecule has 29 heavy (non-hydrogen) atoms. The molecule has 2 amide bonds. The van der Waals surface area contributed by atoms with Gasteiger partial charge in [-0.2, -0.15) is 5.10 Å². The van der Waals surface area contributed by atoms with Crippen molar-refractivity contribution in [1.82, 2.24) is 9.78 Å². The number of hydrogen-bond donors (Lipinski definition) is 2. The Kier molecular flexibility index (Phi) is 5.95. The second kappa shape index (κ2) is 8.58. The van der Waals surface area contributed by atoms with E-state index < -0.39 is 5.91 Å². The molecule has 146 valence electrons. The van der Waals surface area contributed by atoms with Gasteiger partial charge in [-0.3, -0.25) is 14.3 Å². The fourth-order valence-corrected chi connectivity index (χ4v) is 2.64. The van der Waals surface area contributed by atoms with Crippen LogP contribution in [-0.2, 0) is 11.8 Å². The lowest BCUT2D eigenvalue weighted by Crippen LogP contribution is -2.14. The zero-order chi connectivity index (χ0) is 21.0. The molecule has 0 saturated heterocycles. The molecule has 3 rings (SSSR count). The Labute approximate surface area is 173 Å². The molecule has 0 spiro atoms. The van der Waals surface area contributed by atoms with E-state index in [0.29, 0.717) is 22.8 Å². The Balaban J connectivity index is 1.72. The normalized spacial score (nSPS) is 10.3. The monoisotopic (exact) mass is 406 g/mol. The number of aromatic nitrogens is 2. The van der Waals surface area contributed by atoms with Crippen molar-refractivity contribution in [3.05, 3.63) is 90.0 Å². The summed E-state index contributed by atoms with van der Waals surface area (Å²) in [5.74, 6) is -0.0519. The summed E-state index contributed by atoms with van der Waals surface area (Å²) >= 11 is 5.69. The van der Waals surface area contributed by atoms with E-state index >= 15 is 0 Å². The summed E-state index contributed by atoms with van der Waals surface area (Å²) < 4.78 is 1.60. The second-order valence-corrected chi connectivity index (χ2v) is 6.73. The summed E-state index contributed by atoms with van der Waals surface area (Å²) in [7, 11) is 1.75. The van der Waals surface area contributed by atoms with Gasteiger partial charge in [0.1, 0.15) is 5.82 Å². The average Bonchev–Trinajstić information content (AvgIpc) is 3.08. The highest BCUT2D eigenvalue weighted by molar-refractivity contribution is 6.35. The summed E-state index contributed by atoms with van der Waals surface area (Å²) in [4.78, 5) is 24.3. The van der Waals surface area contributed by atoms with E-state index in [1.807, 2.05) is 30.3 Å². The summed E-state index contributed by atoms with van der Waals surface area (Å²) in [6.07, 6.45) is 0. The molecule has 0 atom stereocenters. The topological polar surface area (TPSA) is 76.0 Å². The predicted octanol–water partition coefficient (Wildman–Crippen LogP) is 4.59. The van der Waals surface area contributed by atoms with Gasteiger partial charge in [-0.1, -0.05) is 55.1 Å². The van der Waals surface area contributed by atoms with Crippen LogP contribution in [0.1, 0.15) is 10.4 Å². The van der Waals surface area contributed by atoms with Crippen molar-refractivity contribution in [2.45, 2.75) is 0 Å². The average molecular weight is 407 g/mol. The number of hydrogen-bond acceptors (Lipinski definition) is 3. The molecule has 0 saturated carbocycles. The minimum Gasteiger partial charge on any atom is -0.322 e. The van der Waals surface area contributed by atoms with Crippen molar-refractivity contribution < 1.29 is 9.59 Å². The van der Waals surface area contributed by atoms with Crippen molar-refractivity contribution in [3.8, 4) is 11.3 Å². The van der Waals surface area contributed by atoms with Crippen LogP contribution in [-0.4, -0.2) is 21.6 Å². The summed E-state index contributed by atoms with van der Waals surface area (Å²) in [5, 5.41) is 10.1. The maximum Gasteiger partial charge on any atom is 0.256 e. The standard InChI is InChI=1S/C22H19ClN4O2/c1-14(15(2)23)21(28)24-18-11-9-16(10-12-18)19-13-20(27(3)26-19)25-22(29)17-7-5-4-6-8-17/h4-13H,1-2H2,3H3,(H,24,28)(H,25,29). The number of nitrogens with zero attached hydrogens (tertiary/aromatic N) is 2. The molecule has 0 aliphatic rings. The molecular formula is C22H19ClN4O2. The zero-order valence-corrected chi connectivity index (χ0v) is 16.5. The van der Waals surface area contributed by atoms with E-state index in [4.69, 9.17) is 11.6 Å². The third-order valence-corrected chi connectivity index (χ3v) is 4.43. The fraction of sp³-hybridized carbons (Fsp3) is 0.0455. The third-order valence-electron chi connectivity index (χ3n) is 4.20. The minimum atomic E-state index is -0.415. The number of carbonyl (C=O) groups excluding carboxylic acids is 2. The summed E-state index contributed by atoms with van der Waals surface area (Å²) in [6.45, 7) is 7.07. The molecule has 0 bridgehead atoms. The molecule has 6 nitrogen and oxygen atoms in total. The quantitative estimate of drug-likeness (QED) is 0.464. The molecule has 7 heteroatoms. The molecule has 1 heterocycles. The second-order valence-electron chi connectivity index (χ2n) is 6.27. The van der Waals surface area contributed by atoms with Crippen LogP contribution in [0.15, 0.2) is 84.4 Å². The number of nitrogens with one attached hydrogen (secondary N) is 2. The number of benzene rings is 2. The van der Waals surface area contributed by atoms with Crippen molar-refractivity contribution >= 4 is 34.9 Å². The predicted molar refractivity (Wildman–Crippen MR) is 116 cm³/mol. The van der Waals surface area contributed by atoms with Crippen molar-refractivity contribution in [3.63, 3.8) is 0 Å². The molecule has 2 aromatic carbocycles. The highest BCUT2D eigenvalue weighted by Gasteiger charge is 2.13. The lowest BCUT2D eigenvalue weighted by Gasteiger charge is -2.07.